The zero-order valence-electron chi connectivity index (χ0n) is 16.0. The van der Waals surface area contributed by atoms with Gasteiger partial charge in [-0.25, -0.2) is 4.98 Å². The number of ether oxygens (including phenoxy) is 1. The first-order valence-corrected chi connectivity index (χ1v) is 10.4. The Morgan fingerprint density at radius 1 is 1.14 bits per heavy atom. The lowest BCUT2D eigenvalue weighted by Crippen LogP contribution is -2.38. The van der Waals surface area contributed by atoms with Gasteiger partial charge in [-0.2, -0.15) is 4.98 Å². The second-order valence-electron chi connectivity index (χ2n) is 7.30. The highest BCUT2D eigenvalue weighted by Gasteiger charge is 2.28. The van der Waals surface area contributed by atoms with E-state index >= 15 is 0 Å². The van der Waals surface area contributed by atoms with Gasteiger partial charge in [-0.3, -0.25) is 4.90 Å². The number of likely N-dealkylation sites (N-methyl/N-ethyl adjacent to an activating group) is 1. The number of anilines is 2. The molecule has 8 heteroatoms. The topological polar surface area (TPSA) is 44.7 Å². The number of aromatic nitrogens is 2. The number of halogens is 2. The van der Waals surface area contributed by atoms with E-state index in [0.717, 1.165) is 79.7 Å². The van der Waals surface area contributed by atoms with Crippen LogP contribution in [-0.4, -0.2) is 67.4 Å². The maximum atomic E-state index is 6.34. The molecule has 0 saturated carbocycles. The van der Waals surface area contributed by atoms with E-state index in [-0.39, 0.29) is 0 Å². The highest BCUT2D eigenvalue weighted by Crippen LogP contribution is 2.28. The lowest BCUT2D eigenvalue weighted by molar-refractivity contribution is 0.122. The molecule has 1 aromatic carbocycles. The maximum Gasteiger partial charge on any atom is 0.227 e. The van der Waals surface area contributed by atoms with E-state index in [1.54, 1.807) is 0 Å². The molecular formula is C20H25Cl2N5O. The van der Waals surface area contributed by atoms with Crippen LogP contribution < -0.4 is 9.80 Å². The molecule has 1 atom stereocenters. The maximum absolute atomic E-state index is 6.34. The zero-order valence-corrected chi connectivity index (χ0v) is 17.5. The van der Waals surface area contributed by atoms with E-state index in [2.05, 4.69) is 26.7 Å². The summed E-state index contributed by atoms with van der Waals surface area (Å²) in [5, 5.41) is 1.46. The summed E-state index contributed by atoms with van der Waals surface area (Å²) in [5.74, 6) is 1.74. The molecule has 150 valence electrons. The van der Waals surface area contributed by atoms with Crippen LogP contribution >= 0.6 is 23.2 Å². The summed E-state index contributed by atoms with van der Waals surface area (Å²) in [6.07, 6.45) is 2.93. The summed E-state index contributed by atoms with van der Waals surface area (Å²) in [5.41, 5.74) is 1.01. The van der Waals surface area contributed by atoms with Crippen molar-refractivity contribution in [1.29, 1.82) is 0 Å². The summed E-state index contributed by atoms with van der Waals surface area (Å²) in [6, 6.07) is 8.06. The molecular weight excluding hydrogens is 397 g/mol. The molecule has 28 heavy (non-hydrogen) atoms. The summed E-state index contributed by atoms with van der Waals surface area (Å²) in [4.78, 5) is 16.1. The quantitative estimate of drug-likeness (QED) is 0.737. The standard InChI is InChI=1S/C20H25Cl2N5O/c1-25(19-5-7-23-20(24-19)27-9-11-28-12-10-27)15-6-8-26(13-15)14-16-17(21)3-2-4-18(16)22/h2-5,7,15H,6,8-14H2,1H3. The molecule has 1 unspecified atom stereocenters. The van der Waals surface area contributed by atoms with Crippen LogP contribution in [0.3, 0.4) is 0 Å². The third-order valence-electron chi connectivity index (χ3n) is 5.52. The molecule has 2 aliphatic rings. The van der Waals surface area contributed by atoms with Crippen LogP contribution in [-0.2, 0) is 11.3 Å². The largest absolute Gasteiger partial charge is 0.378 e. The molecule has 6 nitrogen and oxygen atoms in total. The molecule has 0 amide bonds. The lowest BCUT2D eigenvalue weighted by atomic mass is 10.2. The first-order valence-electron chi connectivity index (χ1n) is 9.65. The van der Waals surface area contributed by atoms with Crippen LogP contribution in [0.2, 0.25) is 10.0 Å². The molecule has 2 saturated heterocycles. The Kier molecular flexibility index (Phi) is 6.21. The Labute approximate surface area is 176 Å². The van der Waals surface area contributed by atoms with Crippen molar-refractivity contribution >= 4 is 35.0 Å². The molecule has 0 spiro atoms. The molecule has 4 rings (SSSR count). The van der Waals surface area contributed by atoms with Gasteiger partial charge in [0.15, 0.2) is 0 Å². The van der Waals surface area contributed by atoms with Crippen molar-refractivity contribution in [3.8, 4) is 0 Å². The monoisotopic (exact) mass is 421 g/mol. The average molecular weight is 422 g/mol. The highest BCUT2D eigenvalue weighted by atomic mass is 35.5. The smallest absolute Gasteiger partial charge is 0.227 e. The van der Waals surface area contributed by atoms with Gasteiger partial charge in [-0.15, -0.1) is 0 Å². The number of hydrogen-bond donors (Lipinski definition) is 0. The summed E-state index contributed by atoms with van der Waals surface area (Å²) in [7, 11) is 2.11. The van der Waals surface area contributed by atoms with Crippen LogP contribution in [0.4, 0.5) is 11.8 Å². The van der Waals surface area contributed by atoms with E-state index in [0.29, 0.717) is 6.04 Å². The van der Waals surface area contributed by atoms with Crippen molar-refractivity contribution in [3.05, 3.63) is 46.1 Å². The molecule has 0 radical (unpaired) electrons. The summed E-state index contributed by atoms with van der Waals surface area (Å²) >= 11 is 12.7. The molecule has 2 aliphatic heterocycles. The Morgan fingerprint density at radius 2 is 1.89 bits per heavy atom. The van der Waals surface area contributed by atoms with Crippen LogP contribution in [0.1, 0.15) is 12.0 Å². The average Bonchev–Trinajstić information content (AvgIpc) is 3.20. The number of benzene rings is 1. The van der Waals surface area contributed by atoms with Gasteiger partial charge in [-0.1, -0.05) is 29.3 Å². The number of nitrogens with zero attached hydrogens (tertiary/aromatic N) is 5. The van der Waals surface area contributed by atoms with Crippen molar-refractivity contribution < 1.29 is 4.74 Å². The Morgan fingerprint density at radius 3 is 2.64 bits per heavy atom. The second kappa shape index (κ2) is 8.82. The minimum absolute atomic E-state index is 0.397. The van der Waals surface area contributed by atoms with E-state index < -0.39 is 0 Å². The van der Waals surface area contributed by atoms with Gasteiger partial charge in [0.25, 0.3) is 0 Å². The molecule has 0 N–H and O–H groups in total. The molecule has 3 heterocycles. The van der Waals surface area contributed by atoms with Gasteiger partial charge >= 0.3 is 0 Å². The molecule has 1 aromatic heterocycles. The van der Waals surface area contributed by atoms with E-state index in [1.807, 2.05) is 30.5 Å². The highest BCUT2D eigenvalue weighted by molar-refractivity contribution is 6.35. The van der Waals surface area contributed by atoms with E-state index in [9.17, 15) is 0 Å². The Hall–Kier alpha value is -1.60. The lowest BCUT2D eigenvalue weighted by Gasteiger charge is -2.29. The molecule has 2 fully saturated rings. The third-order valence-corrected chi connectivity index (χ3v) is 6.23. The normalized spacial score (nSPS) is 20.5. The van der Waals surface area contributed by atoms with Crippen LogP contribution in [0, 0.1) is 0 Å². The zero-order chi connectivity index (χ0) is 19.5. The summed E-state index contributed by atoms with van der Waals surface area (Å²) < 4.78 is 5.43. The number of rotatable bonds is 5. The van der Waals surface area contributed by atoms with Crippen LogP contribution in [0.5, 0.6) is 0 Å². The fourth-order valence-corrected chi connectivity index (χ4v) is 4.33. The predicted octanol–water partition coefficient (Wildman–Crippen LogP) is 3.33. The van der Waals surface area contributed by atoms with Crippen LogP contribution in [0.25, 0.3) is 0 Å². The van der Waals surface area contributed by atoms with E-state index in [4.69, 9.17) is 32.9 Å². The van der Waals surface area contributed by atoms with Crippen molar-refractivity contribution in [2.45, 2.75) is 19.0 Å². The number of morpholine rings is 1. The van der Waals surface area contributed by atoms with Gasteiger partial charge in [0, 0.05) is 67.6 Å². The molecule has 0 aliphatic carbocycles. The number of likely N-dealkylation sites (tertiary alicyclic amines) is 1. The SMILES string of the molecule is CN(c1ccnc(N2CCOCC2)n1)C1CCN(Cc2c(Cl)cccc2Cl)C1. The minimum atomic E-state index is 0.397. The third kappa shape index (κ3) is 4.35. The van der Waals surface area contributed by atoms with Gasteiger partial charge < -0.3 is 14.5 Å². The Bertz CT molecular complexity index is 795. The Balaban J connectivity index is 1.41. The number of hydrogen-bond acceptors (Lipinski definition) is 6. The van der Waals surface area contributed by atoms with Gasteiger partial charge in [-0.05, 0) is 24.6 Å². The van der Waals surface area contributed by atoms with Gasteiger partial charge in [0.1, 0.15) is 5.82 Å². The fourth-order valence-electron chi connectivity index (χ4n) is 3.82. The van der Waals surface area contributed by atoms with Crippen molar-refractivity contribution in [1.82, 2.24) is 14.9 Å². The predicted molar refractivity (Wildman–Crippen MR) is 114 cm³/mol. The minimum Gasteiger partial charge on any atom is -0.378 e. The van der Waals surface area contributed by atoms with Gasteiger partial charge in [0.05, 0.1) is 13.2 Å². The molecule has 2 aromatic rings. The van der Waals surface area contributed by atoms with E-state index in [1.165, 1.54) is 0 Å². The first kappa shape index (κ1) is 19.7. The van der Waals surface area contributed by atoms with Crippen LogP contribution in [0.15, 0.2) is 30.5 Å². The fraction of sp³-hybridized carbons (Fsp3) is 0.500. The van der Waals surface area contributed by atoms with Gasteiger partial charge in [0.2, 0.25) is 5.95 Å². The van der Waals surface area contributed by atoms with Crippen molar-refractivity contribution in [2.75, 3.05) is 56.2 Å². The first-order chi connectivity index (χ1) is 13.6. The van der Waals surface area contributed by atoms with Crippen molar-refractivity contribution in [3.63, 3.8) is 0 Å². The summed E-state index contributed by atoms with van der Waals surface area (Å²) in [6.45, 7) is 5.86. The molecule has 0 bridgehead atoms. The van der Waals surface area contributed by atoms with Crippen molar-refractivity contribution in [2.24, 2.45) is 0 Å². The second-order valence-corrected chi connectivity index (χ2v) is 8.12.